The minimum absolute atomic E-state index is 0.202. The van der Waals surface area contributed by atoms with E-state index in [1.165, 1.54) is 0 Å². The van der Waals surface area contributed by atoms with Crippen LogP contribution in [-0.4, -0.2) is 19.3 Å². The molecule has 6 heteroatoms. The van der Waals surface area contributed by atoms with E-state index in [0.717, 1.165) is 53.0 Å². The molecule has 4 aromatic rings. The third-order valence-electron chi connectivity index (χ3n) is 5.92. The summed E-state index contributed by atoms with van der Waals surface area (Å²) in [7, 11) is 1.84. The van der Waals surface area contributed by atoms with Crippen molar-refractivity contribution in [2.75, 3.05) is 0 Å². The predicted octanol–water partition coefficient (Wildman–Crippen LogP) is 4.88. The molecule has 33 heavy (non-hydrogen) atoms. The number of hydrogen-bond acceptors (Lipinski definition) is 4. The standard InChI is InChI=1S/C27H27N5O/c1-4-5-10-25-30-27(33)26(23-16-29-31(3)18-23)19(2)32(25)17-20-11-13-21(14-12-20)24-9-7-6-8-22(24)15-28/h6-9,11-14,16,18H,4-5,10,17H2,1-3H3. The summed E-state index contributed by atoms with van der Waals surface area (Å²) < 4.78 is 3.85. The molecule has 0 atom stereocenters. The summed E-state index contributed by atoms with van der Waals surface area (Å²) in [5.74, 6) is 0.811. The summed E-state index contributed by atoms with van der Waals surface area (Å²) in [5, 5.41) is 13.6. The van der Waals surface area contributed by atoms with Gasteiger partial charge in [-0.1, -0.05) is 55.8 Å². The summed E-state index contributed by atoms with van der Waals surface area (Å²) in [4.78, 5) is 17.4. The first-order chi connectivity index (χ1) is 16.0. The average Bonchev–Trinajstić information content (AvgIpc) is 3.25. The molecule has 0 N–H and O–H groups in total. The molecule has 0 aliphatic rings. The van der Waals surface area contributed by atoms with Gasteiger partial charge in [0, 0.05) is 37.5 Å². The molecule has 0 saturated heterocycles. The Labute approximate surface area is 193 Å². The Balaban J connectivity index is 1.73. The fourth-order valence-electron chi connectivity index (χ4n) is 4.14. The third-order valence-corrected chi connectivity index (χ3v) is 5.92. The number of nitrogens with zero attached hydrogens (tertiary/aromatic N) is 5. The molecule has 0 saturated carbocycles. The van der Waals surface area contributed by atoms with E-state index in [1.807, 2.05) is 56.6 Å². The van der Waals surface area contributed by atoms with Gasteiger partial charge >= 0.3 is 0 Å². The van der Waals surface area contributed by atoms with E-state index in [-0.39, 0.29) is 5.56 Å². The van der Waals surface area contributed by atoms with Crippen LogP contribution in [0.3, 0.4) is 0 Å². The van der Waals surface area contributed by atoms with Crippen molar-refractivity contribution in [3.05, 3.63) is 93.9 Å². The highest BCUT2D eigenvalue weighted by atomic mass is 16.1. The maximum absolute atomic E-state index is 12.9. The largest absolute Gasteiger partial charge is 0.329 e. The van der Waals surface area contributed by atoms with Crippen LogP contribution in [0.1, 0.15) is 42.4 Å². The van der Waals surface area contributed by atoms with Crippen LogP contribution < -0.4 is 5.56 Å². The fourth-order valence-corrected chi connectivity index (χ4v) is 4.14. The van der Waals surface area contributed by atoms with E-state index in [1.54, 1.807) is 10.9 Å². The van der Waals surface area contributed by atoms with Gasteiger partial charge in [-0.25, -0.2) is 0 Å². The highest BCUT2D eigenvalue weighted by Crippen LogP contribution is 2.25. The van der Waals surface area contributed by atoms with Crippen LogP contribution in [0.15, 0.2) is 65.7 Å². The lowest BCUT2D eigenvalue weighted by Gasteiger charge is -2.18. The van der Waals surface area contributed by atoms with E-state index < -0.39 is 0 Å². The van der Waals surface area contributed by atoms with E-state index in [4.69, 9.17) is 0 Å². The first kappa shape index (κ1) is 22.2. The Morgan fingerprint density at radius 1 is 1.06 bits per heavy atom. The quantitative estimate of drug-likeness (QED) is 0.413. The SMILES string of the molecule is CCCCc1nc(=O)c(-c2cnn(C)c2)c(C)n1Cc1ccc(-c2ccccc2C#N)cc1. The van der Waals surface area contributed by atoms with Gasteiger partial charge in [-0.3, -0.25) is 9.48 Å². The van der Waals surface area contributed by atoms with Gasteiger partial charge in [0.2, 0.25) is 0 Å². The van der Waals surface area contributed by atoms with Crippen LogP contribution in [0.2, 0.25) is 0 Å². The molecule has 0 spiro atoms. The molecule has 2 aromatic carbocycles. The Morgan fingerprint density at radius 2 is 1.82 bits per heavy atom. The van der Waals surface area contributed by atoms with Crippen molar-refractivity contribution >= 4 is 0 Å². The summed E-state index contributed by atoms with van der Waals surface area (Å²) >= 11 is 0. The van der Waals surface area contributed by atoms with Crippen molar-refractivity contribution in [3.8, 4) is 28.3 Å². The van der Waals surface area contributed by atoms with Gasteiger partial charge in [0.1, 0.15) is 5.82 Å². The van der Waals surface area contributed by atoms with Crippen molar-refractivity contribution in [1.82, 2.24) is 19.3 Å². The lowest BCUT2D eigenvalue weighted by atomic mass is 9.99. The van der Waals surface area contributed by atoms with E-state index in [9.17, 15) is 10.1 Å². The number of hydrogen-bond donors (Lipinski definition) is 0. The zero-order valence-electron chi connectivity index (χ0n) is 19.2. The van der Waals surface area contributed by atoms with Crippen molar-refractivity contribution in [2.24, 2.45) is 7.05 Å². The lowest BCUT2D eigenvalue weighted by molar-refractivity contribution is 0.635. The van der Waals surface area contributed by atoms with Gasteiger partial charge in [-0.05, 0) is 36.1 Å². The first-order valence-electron chi connectivity index (χ1n) is 11.2. The van der Waals surface area contributed by atoms with E-state index in [0.29, 0.717) is 17.7 Å². The number of rotatable bonds is 7. The molecular weight excluding hydrogens is 410 g/mol. The molecule has 0 radical (unpaired) electrons. The molecule has 0 aliphatic carbocycles. The molecule has 0 fully saturated rings. The monoisotopic (exact) mass is 437 g/mol. The maximum Gasteiger partial charge on any atom is 0.281 e. The lowest BCUT2D eigenvalue weighted by Crippen LogP contribution is -2.23. The summed E-state index contributed by atoms with van der Waals surface area (Å²) in [5.41, 5.74) is 5.78. The van der Waals surface area contributed by atoms with Crippen molar-refractivity contribution < 1.29 is 0 Å². The molecule has 6 nitrogen and oxygen atoms in total. The van der Waals surface area contributed by atoms with Crippen LogP contribution in [0.5, 0.6) is 0 Å². The highest BCUT2D eigenvalue weighted by Gasteiger charge is 2.17. The summed E-state index contributed by atoms with van der Waals surface area (Å²) in [6.07, 6.45) is 6.33. The number of nitriles is 1. The molecule has 166 valence electrons. The number of unbranched alkanes of at least 4 members (excludes halogenated alkanes) is 1. The zero-order chi connectivity index (χ0) is 23.4. The van der Waals surface area contributed by atoms with Gasteiger partial charge in [0.15, 0.2) is 0 Å². The number of benzene rings is 2. The van der Waals surface area contributed by atoms with Gasteiger partial charge in [-0.2, -0.15) is 15.3 Å². The first-order valence-corrected chi connectivity index (χ1v) is 11.2. The molecule has 0 bridgehead atoms. The number of aromatic nitrogens is 4. The van der Waals surface area contributed by atoms with Crippen LogP contribution in [0, 0.1) is 18.3 Å². The predicted molar refractivity (Wildman–Crippen MR) is 130 cm³/mol. The second kappa shape index (κ2) is 9.66. The summed E-state index contributed by atoms with van der Waals surface area (Å²) in [6, 6.07) is 18.1. The van der Waals surface area contributed by atoms with Crippen LogP contribution in [0.4, 0.5) is 0 Å². The normalized spacial score (nSPS) is 10.8. The van der Waals surface area contributed by atoms with Crippen molar-refractivity contribution in [2.45, 2.75) is 39.7 Å². The van der Waals surface area contributed by atoms with Crippen molar-refractivity contribution in [1.29, 1.82) is 5.26 Å². The molecule has 4 rings (SSSR count). The number of aryl methyl sites for hydroxylation is 2. The molecule has 0 unspecified atom stereocenters. The Kier molecular flexibility index (Phi) is 6.50. The molecule has 2 aromatic heterocycles. The third kappa shape index (κ3) is 4.63. The minimum atomic E-state index is -0.202. The zero-order valence-corrected chi connectivity index (χ0v) is 19.2. The van der Waals surface area contributed by atoms with Gasteiger partial charge < -0.3 is 4.57 Å². The fraction of sp³-hybridized carbons (Fsp3) is 0.259. The van der Waals surface area contributed by atoms with Crippen LogP contribution >= 0.6 is 0 Å². The second-order valence-corrected chi connectivity index (χ2v) is 8.24. The van der Waals surface area contributed by atoms with Crippen molar-refractivity contribution in [3.63, 3.8) is 0 Å². The molecule has 2 heterocycles. The maximum atomic E-state index is 12.9. The summed E-state index contributed by atoms with van der Waals surface area (Å²) in [6.45, 7) is 4.74. The highest BCUT2D eigenvalue weighted by molar-refractivity contribution is 5.70. The van der Waals surface area contributed by atoms with Crippen LogP contribution in [0.25, 0.3) is 22.3 Å². The van der Waals surface area contributed by atoms with Crippen LogP contribution in [-0.2, 0) is 20.0 Å². The Hall–Kier alpha value is -3.98. The average molecular weight is 438 g/mol. The minimum Gasteiger partial charge on any atom is -0.329 e. The van der Waals surface area contributed by atoms with E-state index in [2.05, 4.69) is 39.8 Å². The second-order valence-electron chi connectivity index (χ2n) is 8.24. The van der Waals surface area contributed by atoms with Gasteiger partial charge in [0.05, 0.1) is 23.4 Å². The topological polar surface area (TPSA) is 76.5 Å². The van der Waals surface area contributed by atoms with Gasteiger partial charge in [-0.15, -0.1) is 0 Å². The molecule has 0 amide bonds. The van der Waals surface area contributed by atoms with Gasteiger partial charge in [0.25, 0.3) is 5.56 Å². The van der Waals surface area contributed by atoms with E-state index >= 15 is 0 Å². The molecule has 0 aliphatic heterocycles. The smallest absolute Gasteiger partial charge is 0.281 e. The molecular formula is C27H27N5O. The Bertz CT molecular complexity index is 1370. The Morgan fingerprint density at radius 3 is 2.48 bits per heavy atom.